The summed E-state index contributed by atoms with van der Waals surface area (Å²) in [7, 11) is 3.41. The van der Waals surface area contributed by atoms with E-state index in [1.807, 2.05) is 0 Å². The third kappa shape index (κ3) is 2.72. The van der Waals surface area contributed by atoms with Crippen molar-refractivity contribution in [2.75, 3.05) is 26.0 Å². The maximum Gasteiger partial charge on any atom is 0.257 e. The normalized spacial score (nSPS) is 14.5. The molecule has 1 aliphatic carbocycles. The number of carbonyl (C=O) groups excluding carboxylic acids is 1. The summed E-state index contributed by atoms with van der Waals surface area (Å²) >= 11 is 0. The summed E-state index contributed by atoms with van der Waals surface area (Å²) in [6.45, 7) is 0.735. The third-order valence-electron chi connectivity index (χ3n) is 2.90. The Labute approximate surface area is 99.8 Å². The van der Waals surface area contributed by atoms with Crippen LogP contribution in [-0.4, -0.2) is 36.4 Å². The lowest BCUT2D eigenvalue weighted by molar-refractivity contribution is 0.0789. The molecule has 0 atom stereocenters. The number of rotatable bonds is 4. The second kappa shape index (κ2) is 4.69. The topological polar surface area (TPSA) is 45.2 Å². The van der Waals surface area contributed by atoms with Crippen molar-refractivity contribution in [2.24, 2.45) is 5.92 Å². The number of carbonyl (C=O) groups is 1. The van der Waals surface area contributed by atoms with E-state index < -0.39 is 5.82 Å². The van der Waals surface area contributed by atoms with Gasteiger partial charge in [0.15, 0.2) is 0 Å². The molecule has 1 aromatic rings. The van der Waals surface area contributed by atoms with Gasteiger partial charge in [-0.1, -0.05) is 0 Å². The Bertz CT molecular complexity index is 432. The molecule has 1 amide bonds. The van der Waals surface area contributed by atoms with Crippen LogP contribution < -0.4 is 5.32 Å². The van der Waals surface area contributed by atoms with Crippen molar-refractivity contribution < 1.29 is 9.18 Å². The predicted octanol–water partition coefficient (Wildman–Crippen LogP) is 1.74. The minimum absolute atomic E-state index is 0.187. The molecule has 1 heterocycles. The van der Waals surface area contributed by atoms with E-state index in [2.05, 4.69) is 10.3 Å². The maximum atomic E-state index is 13.1. The van der Waals surface area contributed by atoms with E-state index in [9.17, 15) is 9.18 Å². The molecule has 4 nitrogen and oxygen atoms in total. The van der Waals surface area contributed by atoms with Gasteiger partial charge in [0.05, 0.1) is 11.8 Å². The molecular weight excluding hydrogens is 221 g/mol. The van der Waals surface area contributed by atoms with Gasteiger partial charge in [0, 0.05) is 20.6 Å². The Morgan fingerprint density at radius 1 is 1.65 bits per heavy atom. The molecule has 1 aromatic heterocycles. The summed E-state index contributed by atoms with van der Waals surface area (Å²) in [6.07, 6.45) is 3.46. The van der Waals surface area contributed by atoms with Crippen molar-refractivity contribution in [3.05, 3.63) is 23.6 Å². The predicted molar refractivity (Wildman–Crippen MR) is 63.4 cm³/mol. The summed E-state index contributed by atoms with van der Waals surface area (Å²) in [5.74, 6) is 0.350. The minimum atomic E-state index is -0.493. The van der Waals surface area contributed by atoms with E-state index in [0.717, 1.165) is 12.7 Å². The molecule has 0 unspecified atom stereocenters. The standard InChI is InChI=1S/C12H16FN3O/c1-14-11-10(5-9(13)6-15-11)12(17)16(2)7-8-3-4-8/h5-6,8H,3-4,7H2,1-2H3,(H,14,15). The van der Waals surface area contributed by atoms with Crippen molar-refractivity contribution in [1.29, 1.82) is 0 Å². The Kier molecular flexibility index (Phi) is 3.26. The number of amides is 1. The molecule has 2 rings (SSSR count). The van der Waals surface area contributed by atoms with Crippen LogP contribution in [0.15, 0.2) is 12.3 Å². The molecule has 0 bridgehead atoms. The van der Waals surface area contributed by atoms with Gasteiger partial charge in [-0.05, 0) is 24.8 Å². The van der Waals surface area contributed by atoms with Gasteiger partial charge in [-0.3, -0.25) is 4.79 Å². The third-order valence-corrected chi connectivity index (χ3v) is 2.90. The van der Waals surface area contributed by atoms with Crippen molar-refractivity contribution in [2.45, 2.75) is 12.8 Å². The first-order valence-corrected chi connectivity index (χ1v) is 5.70. The molecule has 1 N–H and O–H groups in total. The number of halogens is 1. The van der Waals surface area contributed by atoms with Crippen LogP contribution in [-0.2, 0) is 0 Å². The fourth-order valence-electron chi connectivity index (χ4n) is 1.78. The van der Waals surface area contributed by atoms with Crippen molar-refractivity contribution >= 4 is 11.7 Å². The fourth-order valence-corrected chi connectivity index (χ4v) is 1.78. The van der Waals surface area contributed by atoms with E-state index in [0.29, 0.717) is 11.7 Å². The molecule has 1 aliphatic rings. The largest absolute Gasteiger partial charge is 0.372 e. The van der Waals surface area contributed by atoms with Crippen LogP contribution in [0.2, 0.25) is 0 Å². The fraction of sp³-hybridized carbons (Fsp3) is 0.500. The first kappa shape index (κ1) is 11.8. The van der Waals surface area contributed by atoms with Gasteiger partial charge in [0.25, 0.3) is 5.91 Å². The molecule has 0 saturated heterocycles. The molecule has 0 aliphatic heterocycles. The van der Waals surface area contributed by atoms with E-state index in [1.165, 1.54) is 18.9 Å². The highest BCUT2D eigenvalue weighted by Gasteiger charge is 2.26. The Morgan fingerprint density at radius 3 is 2.94 bits per heavy atom. The van der Waals surface area contributed by atoms with Gasteiger partial charge in [0.1, 0.15) is 11.6 Å². The molecule has 5 heteroatoms. The van der Waals surface area contributed by atoms with Crippen LogP contribution in [0.5, 0.6) is 0 Å². The second-order valence-corrected chi connectivity index (χ2v) is 4.43. The average molecular weight is 237 g/mol. The highest BCUT2D eigenvalue weighted by atomic mass is 19.1. The van der Waals surface area contributed by atoms with Crippen molar-refractivity contribution in [3.63, 3.8) is 0 Å². The number of hydrogen-bond donors (Lipinski definition) is 1. The van der Waals surface area contributed by atoms with Gasteiger partial charge in [-0.15, -0.1) is 0 Å². The van der Waals surface area contributed by atoms with Crippen LogP contribution >= 0.6 is 0 Å². The second-order valence-electron chi connectivity index (χ2n) is 4.43. The summed E-state index contributed by atoms with van der Waals surface area (Å²) < 4.78 is 13.1. The lowest BCUT2D eigenvalue weighted by atomic mass is 10.2. The maximum absolute atomic E-state index is 13.1. The van der Waals surface area contributed by atoms with Gasteiger partial charge < -0.3 is 10.2 Å². The first-order valence-electron chi connectivity index (χ1n) is 5.70. The monoisotopic (exact) mass is 237 g/mol. The number of hydrogen-bond acceptors (Lipinski definition) is 3. The molecule has 0 spiro atoms. The SMILES string of the molecule is CNc1ncc(F)cc1C(=O)N(C)CC1CC1. The molecule has 0 aromatic carbocycles. The highest BCUT2D eigenvalue weighted by molar-refractivity contribution is 5.98. The highest BCUT2D eigenvalue weighted by Crippen LogP contribution is 2.30. The number of pyridine rings is 1. The Hall–Kier alpha value is -1.65. The molecular formula is C12H16FN3O. The van der Waals surface area contributed by atoms with Gasteiger partial charge >= 0.3 is 0 Å². The quantitative estimate of drug-likeness (QED) is 0.867. The lowest BCUT2D eigenvalue weighted by Crippen LogP contribution is -2.29. The lowest BCUT2D eigenvalue weighted by Gasteiger charge is -2.18. The average Bonchev–Trinajstić information content (AvgIpc) is 3.11. The van der Waals surface area contributed by atoms with Gasteiger partial charge in [-0.2, -0.15) is 0 Å². The molecule has 92 valence electrons. The van der Waals surface area contributed by atoms with E-state index >= 15 is 0 Å². The summed E-state index contributed by atoms with van der Waals surface area (Å²) in [6, 6.07) is 1.23. The molecule has 1 saturated carbocycles. The van der Waals surface area contributed by atoms with Crippen molar-refractivity contribution in [1.82, 2.24) is 9.88 Å². The van der Waals surface area contributed by atoms with Crippen LogP contribution in [0.4, 0.5) is 10.2 Å². The van der Waals surface area contributed by atoms with E-state index in [1.54, 1.807) is 19.0 Å². The van der Waals surface area contributed by atoms with Crippen LogP contribution in [0.3, 0.4) is 0 Å². The van der Waals surface area contributed by atoms with Gasteiger partial charge in [0.2, 0.25) is 0 Å². The van der Waals surface area contributed by atoms with E-state index in [-0.39, 0.29) is 11.5 Å². The summed E-state index contributed by atoms with van der Waals surface area (Å²) in [4.78, 5) is 17.6. The summed E-state index contributed by atoms with van der Waals surface area (Å²) in [5.41, 5.74) is 0.288. The smallest absolute Gasteiger partial charge is 0.257 e. The molecule has 17 heavy (non-hydrogen) atoms. The zero-order chi connectivity index (χ0) is 12.4. The van der Waals surface area contributed by atoms with Crippen LogP contribution in [0.25, 0.3) is 0 Å². The minimum Gasteiger partial charge on any atom is -0.372 e. The number of aromatic nitrogens is 1. The Balaban J connectivity index is 2.18. The zero-order valence-corrected chi connectivity index (χ0v) is 10.0. The summed E-state index contributed by atoms with van der Waals surface area (Å²) in [5, 5.41) is 2.80. The van der Waals surface area contributed by atoms with Crippen LogP contribution in [0, 0.1) is 11.7 Å². The van der Waals surface area contributed by atoms with Crippen molar-refractivity contribution in [3.8, 4) is 0 Å². The Morgan fingerprint density at radius 2 is 2.35 bits per heavy atom. The van der Waals surface area contributed by atoms with Gasteiger partial charge in [-0.25, -0.2) is 9.37 Å². The number of nitrogens with zero attached hydrogens (tertiary/aromatic N) is 2. The van der Waals surface area contributed by atoms with Crippen LogP contribution in [0.1, 0.15) is 23.2 Å². The number of anilines is 1. The number of nitrogens with one attached hydrogen (secondary N) is 1. The molecule has 0 radical (unpaired) electrons. The molecule has 1 fully saturated rings. The zero-order valence-electron chi connectivity index (χ0n) is 10.0. The first-order chi connectivity index (χ1) is 8.11. The van der Waals surface area contributed by atoms with E-state index in [4.69, 9.17) is 0 Å².